The molecular weight excluding hydrogens is 321 g/mol. The number of hydrogen-bond donors (Lipinski definition) is 1. The molecule has 0 unspecified atom stereocenters. The third kappa shape index (κ3) is 2.83. The standard InChI is InChI=1S/C11H9BrClN3O2/c1-17-6-2-3-9(7(12)4-6)18-10-8(14)5-15-11(13)16-10/h2-5H,14H2,1H3. The molecule has 2 rings (SSSR count). The van der Waals surface area contributed by atoms with Gasteiger partial charge in [0, 0.05) is 0 Å². The minimum Gasteiger partial charge on any atom is -0.497 e. The van der Waals surface area contributed by atoms with Gasteiger partial charge >= 0.3 is 0 Å². The van der Waals surface area contributed by atoms with Crippen LogP contribution in [-0.2, 0) is 0 Å². The molecule has 1 aromatic carbocycles. The van der Waals surface area contributed by atoms with E-state index in [0.29, 0.717) is 17.2 Å². The van der Waals surface area contributed by atoms with E-state index in [1.165, 1.54) is 6.20 Å². The smallest absolute Gasteiger partial charge is 0.247 e. The first-order chi connectivity index (χ1) is 8.60. The SMILES string of the molecule is COc1ccc(Oc2nc(Cl)ncc2N)c(Br)c1. The number of methoxy groups -OCH3 is 1. The van der Waals surface area contributed by atoms with Crippen LogP contribution in [0, 0.1) is 0 Å². The van der Waals surface area contributed by atoms with Gasteiger partial charge in [-0.05, 0) is 45.7 Å². The van der Waals surface area contributed by atoms with Crippen LogP contribution >= 0.6 is 27.5 Å². The zero-order valence-corrected chi connectivity index (χ0v) is 11.7. The zero-order chi connectivity index (χ0) is 13.1. The maximum absolute atomic E-state index is 5.69. The summed E-state index contributed by atoms with van der Waals surface area (Å²) >= 11 is 9.05. The molecule has 0 aliphatic heterocycles. The zero-order valence-electron chi connectivity index (χ0n) is 9.35. The number of benzene rings is 1. The van der Waals surface area contributed by atoms with E-state index in [0.717, 1.165) is 4.47 Å². The molecule has 2 N–H and O–H groups in total. The topological polar surface area (TPSA) is 70.3 Å². The van der Waals surface area contributed by atoms with Crippen LogP contribution in [-0.4, -0.2) is 17.1 Å². The number of rotatable bonds is 3. The van der Waals surface area contributed by atoms with Crippen LogP contribution in [0.25, 0.3) is 0 Å². The molecule has 5 nitrogen and oxygen atoms in total. The third-order valence-corrected chi connectivity index (χ3v) is 2.90. The van der Waals surface area contributed by atoms with Crippen LogP contribution in [0.2, 0.25) is 5.28 Å². The average Bonchev–Trinajstić information content (AvgIpc) is 2.36. The molecule has 7 heteroatoms. The lowest BCUT2D eigenvalue weighted by Crippen LogP contribution is -1.97. The van der Waals surface area contributed by atoms with Crippen LogP contribution < -0.4 is 15.2 Å². The van der Waals surface area contributed by atoms with Crippen molar-refractivity contribution in [2.45, 2.75) is 0 Å². The Morgan fingerprint density at radius 2 is 2.17 bits per heavy atom. The molecule has 0 fully saturated rings. The van der Waals surface area contributed by atoms with Gasteiger partial charge in [-0.15, -0.1) is 0 Å². The highest BCUT2D eigenvalue weighted by atomic mass is 79.9. The highest BCUT2D eigenvalue weighted by molar-refractivity contribution is 9.10. The largest absolute Gasteiger partial charge is 0.497 e. The average molecular weight is 331 g/mol. The second kappa shape index (κ2) is 5.41. The lowest BCUT2D eigenvalue weighted by atomic mass is 10.3. The van der Waals surface area contributed by atoms with Crippen molar-refractivity contribution in [3.63, 3.8) is 0 Å². The highest BCUT2D eigenvalue weighted by Crippen LogP contribution is 2.33. The first-order valence-corrected chi connectivity index (χ1v) is 6.06. The van der Waals surface area contributed by atoms with E-state index in [2.05, 4.69) is 25.9 Å². The van der Waals surface area contributed by atoms with Gasteiger partial charge in [-0.2, -0.15) is 4.98 Å². The quantitative estimate of drug-likeness (QED) is 0.875. The van der Waals surface area contributed by atoms with E-state index in [9.17, 15) is 0 Å². The van der Waals surface area contributed by atoms with Crippen LogP contribution in [0.1, 0.15) is 0 Å². The first-order valence-electron chi connectivity index (χ1n) is 4.89. The summed E-state index contributed by atoms with van der Waals surface area (Å²) in [5.41, 5.74) is 6.00. The van der Waals surface area contributed by atoms with Crippen molar-refractivity contribution in [1.29, 1.82) is 0 Å². The summed E-state index contributed by atoms with van der Waals surface area (Å²) in [6, 6.07) is 5.27. The molecule has 0 saturated heterocycles. The molecule has 0 bridgehead atoms. The van der Waals surface area contributed by atoms with Gasteiger partial charge in [-0.1, -0.05) is 0 Å². The van der Waals surface area contributed by atoms with Crippen molar-refractivity contribution in [1.82, 2.24) is 9.97 Å². The Morgan fingerprint density at radius 1 is 1.39 bits per heavy atom. The number of hydrogen-bond acceptors (Lipinski definition) is 5. The minimum atomic E-state index is 0.0730. The predicted octanol–water partition coefficient (Wildman–Crippen LogP) is 3.28. The van der Waals surface area contributed by atoms with Crippen molar-refractivity contribution < 1.29 is 9.47 Å². The monoisotopic (exact) mass is 329 g/mol. The Bertz CT molecular complexity index is 580. The first kappa shape index (κ1) is 12.9. The second-order valence-corrected chi connectivity index (χ2v) is 4.49. The van der Waals surface area contributed by atoms with Crippen LogP contribution in [0.3, 0.4) is 0 Å². The van der Waals surface area contributed by atoms with Crippen molar-refractivity contribution in [3.05, 3.63) is 34.2 Å². The van der Waals surface area contributed by atoms with E-state index < -0.39 is 0 Å². The van der Waals surface area contributed by atoms with Gasteiger partial charge in [0.1, 0.15) is 17.2 Å². The van der Waals surface area contributed by atoms with E-state index in [1.807, 2.05) is 0 Å². The molecule has 1 aromatic heterocycles. The number of halogens is 2. The number of nitrogens with zero attached hydrogens (tertiary/aromatic N) is 2. The highest BCUT2D eigenvalue weighted by Gasteiger charge is 2.09. The molecule has 18 heavy (non-hydrogen) atoms. The van der Waals surface area contributed by atoms with Gasteiger partial charge in [-0.25, -0.2) is 4.98 Å². The summed E-state index contributed by atoms with van der Waals surface area (Å²) in [5.74, 6) is 1.47. The Hall–Kier alpha value is -1.53. The van der Waals surface area contributed by atoms with Gasteiger partial charge in [0.05, 0.1) is 17.8 Å². The van der Waals surface area contributed by atoms with E-state index in [1.54, 1.807) is 25.3 Å². The van der Waals surface area contributed by atoms with Gasteiger partial charge in [0.25, 0.3) is 0 Å². The summed E-state index contributed by atoms with van der Waals surface area (Å²) in [4.78, 5) is 7.66. The fourth-order valence-electron chi connectivity index (χ4n) is 1.23. The number of aromatic nitrogens is 2. The fourth-order valence-corrected chi connectivity index (χ4v) is 1.80. The number of anilines is 1. The number of nitrogen functional groups attached to an aromatic ring is 1. The molecule has 0 amide bonds. The molecule has 0 atom stereocenters. The van der Waals surface area contributed by atoms with E-state index >= 15 is 0 Å². The van der Waals surface area contributed by atoms with Gasteiger partial charge in [0.2, 0.25) is 11.2 Å². The van der Waals surface area contributed by atoms with Crippen molar-refractivity contribution in [2.24, 2.45) is 0 Å². The van der Waals surface area contributed by atoms with Crippen LogP contribution in [0.5, 0.6) is 17.4 Å². The summed E-state index contributed by atoms with van der Waals surface area (Å²) in [6.45, 7) is 0. The Kier molecular flexibility index (Phi) is 3.88. The molecule has 0 saturated carbocycles. The van der Waals surface area contributed by atoms with Crippen LogP contribution in [0.4, 0.5) is 5.69 Å². The lowest BCUT2D eigenvalue weighted by Gasteiger charge is -2.09. The van der Waals surface area contributed by atoms with Crippen molar-refractivity contribution in [3.8, 4) is 17.4 Å². The van der Waals surface area contributed by atoms with E-state index in [-0.39, 0.29) is 11.2 Å². The van der Waals surface area contributed by atoms with Gasteiger partial charge in [0.15, 0.2) is 0 Å². The molecule has 94 valence electrons. The summed E-state index contributed by atoms with van der Waals surface area (Å²) in [6.07, 6.45) is 1.39. The minimum absolute atomic E-state index is 0.0730. The number of nitrogens with two attached hydrogens (primary N) is 1. The second-order valence-electron chi connectivity index (χ2n) is 3.30. The van der Waals surface area contributed by atoms with Crippen molar-refractivity contribution in [2.75, 3.05) is 12.8 Å². The summed E-state index contributed by atoms with van der Waals surface area (Å²) < 4.78 is 11.4. The maximum atomic E-state index is 5.69. The molecule has 0 spiro atoms. The summed E-state index contributed by atoms with van der Waals surface area (Å²) in [7, 11) is 1.59. The van der Waals surface area contributed by atoms with Gasteiger partial charge in [-0.3, -0.25) is 0 Å². The third-order valence-electron chi connectivity index (χ3n) is 2.10. The molecule has 0 aliphatic carbocycles. The molecule has 0 aliphatic rings. The summed E-state index contributed by atoms with van der Waals surface area (Å²) in [5, 5.41) is 0.0730. The van der Waals surface area contributed by atoms with Gasteiger partial charge < -0.3 is 15.2 Å². The molecule has 2 aromatic rings. The predicted molar refractivity (Wildman–Crippen MR) is 72.2 cm³/mol. The molecule has 1 heterocycles. The fraction of sp³-hybridized carbons (Fsp3) is 0.0909. The Balaban J connectivity index is 2.31. The lowest BCUT2D eigenvalue weighted by molar-refractivity contribution is 0.411. The van der Waals surface area contributed by atoms with E-state index in [4.69, 9.17) is 26.8 Å². The maximum Gasteiger partial charge on any atom is 0.247 e. The molecule has 0 radical (unpaired) electrons. The molecular formula is C11H9BrClN3O2. The normalized spacial score (nSPS) is 10.2. The Morgan fingerprint density at radius 3 is 2.83 bits per heavy atom. The van der Waals surface area contributed by atoms with Crippen molar-refractivity contribution >= 4 is 33.2 Å². The number of ether oxygens (including phenoxy) is 2. The Labute approximate surface area is 117 Å². The van der Waals surface area contributed by atoms with Crippen LogP contribution in [0.15, 0.2) is 28.9 Å².